The summed E-state index contributed by atoms with van der Waals surface area (Å²) >= 11 is 0. The Morgan fingerprint density at radius 1 is 1.04 bits per heavy atom. The Balaban J connectivity index is 1.77. The zero-order chi connectivity index (χ0) is 18.5. The number of benzene rings is 1. The van der Waals surface area contributed by atoms with Crippen LogP contribution in [0.4, 0.5) is 11.5 Å². The first-order chi connectivity index (χ1) is 12.7. The predicted octanol–water partition coefficient (Wildman–Crippen LogP) is 3.09. The van der Waals surface area contributed by atoms with Crippen molar-refractivity contribution in [1.29, 1.82) is 0 Å². The SMILES string of the molecule is COc1cc(Nc2ccc(C(=O)N3CCCC3)cn2)cc(OC)c1OC. The van der Waals surface area contributed by atoms with Crippen molar-refractivity contribution >= 4 is 17.4 Å². The van der Waals surface area contributed by atoms with Crippen molar-refractivity contribution < 1.29 is 19.0 Å². The van der Waals surface area contributed by atoms with Crippen LogP contribution < -0.4 is 19.5 Å². The van der Waals surface area contributed by atoms with Gasteiger partial charge in [-0.1, -0.05) is 0 Å². The van der Waals surface area contributed by atoms with Crippen molar-refractivity contribution in [3.05, 3.63) is 36.0 Å². The minimum atomic E-state index is 0.0364. The Morgan fingerprint density at radius 2 is 1.69 bits per heavy atom. The highest BCUT2D eigenvalue weighted by Crippen LogP contribution is 2.40. The van der Waals surface area contributed by atoms with Crippen molar-refractivity contribution in [2.24, 2.45) is 0 Å². The van der Waals surface area contributed by atoms with E-state index in [1.165, 1.54) is 0 Å². The molecule has 1 amide bonds. The van der Waals surface area contributed by atoms with E-state index < -0.39 is 0 Å². The maximum atomic E-state index is 12.4. The first-order valence-electron chi connectivity index (χ1n) is 8.48. The molecule has 2 heterocycles. The van der Waals surface area contributed by atoms with Gasteiger partial charge in [0.2, 0.25) is 5.75 Å². The average Bonchev–Trinajstić information content (AvgIpc) is 3.22. The zero-order valence-corrected chi connectivity index (χ0v) is 15.2. The first-order valence-corrected chi connectivity index (χ1v) is 8.48. The van der Waals surface area contributed by atoms with Gasteiger partial charge in [-0.25, -0.2) is 4.98 Å². The second-order valence-corrected chi connectivity index (χ2v) is 5.97. The summed E-state index contributed by atoms with van der Waals surface area (Å²) in [4.78, 5) is 18.6. The van der Waals surface area contributed by atoms with Crippen LogP contribution in [-0.4, -0.2) is 50.2 Å². The summed E-state index contributed by atoms with van der Waals surface area (Å²) in [6.45, 7) is 1.65. The van der Waals surface area contributed by atoms with Gasteiger partial charge in [0, 0.05) is 37.1 Å². The van der Waals surface area contributed by atoms with E-state index in [9.17, 15) is 4.79 Å². The summed E-state index contributed by atoms with van der Waals surface area (Å²) in [6.07, 6.45) is 3.74. The number of methoxy groups -OCH3 is 3. The van der Waals surface area contributed by atoms with E-state index in [0.717, 1.165) is 31.6 Å². The van der Waals surface area contributed by atoms with E-state index in [0.29, 0.717) is 28.6 Å². The van der Waals surface area contributed by atoms with Crippen LogP contribution in [0.3, 0.4) is 0 Å². The number of hydrogen-bond acceptors (Lipinski definition) is 6. The van der Waals surface area contributed by atoms with Crippen LogP contribution in [0.1, 0.15) is 23.2 Å². The molecule has 1 fully saturated rings. The molecule has 7 nitrogen and oxygen atoms in total. The van der Waals surface area contributed by atoms with E-state index >= 15 is 0 Å². The van der Waals surface area contributed by atoms with E-state index in [4.69, 9.17) is 14.2 Å². The molecular weight excluding hydrogens is 334 g/mol. The monoisotopic (exact) mass is 357 g/mol. The second kappa shape index (κ2) is 7.95. The lowest BCUT2D eigenvalue weighted by atomic mass is 10.2. The number of anilines is 2. The number of aromatic nitrogens is 1. The highest BCUT2D eigenvalue weighted by atomic mass is 16.5. The molecule has 2 aromatic rings. The maximum absolute atomic E-state index is 12.4. The second-order valence-electron chi connectivity index (χ2n) is 5.97. The Kier molecular flexibility index (Phi) is 5.46. The molecule has 0 radical (unpaired) electrons. The molecule has 0 saturated carbocycles. The van der Waals surface area contributed by atoms with Crippen LogP contribution in [0.15, 0.2) is 30.5 Å². The number of nitrogens with one attached hydrogen (secondary N) is 1. The smallest absolute Gasteiger partial charge is 0.255 e. The Hall–Kier alpha value is -2.96. The van der Waals surface area contributed by atoms with Gasteiger partial charge >= 0.3 is 0 Å². The molecule has 3 rings (SSSR count). The van der Waals surface area contributed by atoms with Crippen molar-refractivity contribution in [3.63, 3.8) is 0 Å². The molecule has 1 saturated heterocycles. The number of ether oxygens (including phenoxy) is 3. The summed E-state index contributed by atoms with van der Waals surface area (Å²) in [5.74, 6) is 2.29. The van der Waals surface area contributed by atoms with Gasteiger partial charge in [-0.3, -0.25) is 4.79 Å². The first kappa shape index (κ1) is 17.8. The number of pyridine rings is 1. The van der Waals surface area contributed by atoms with Crippen molar-refractivity contribution in [2.75, 3.05) is 39.7 Å². The summed E-state index contributed by atoms with van der Waals surface area (Å²) < 4.78 is 16.0. The lowest BCUT2D eigenvalue weighted by Gasteiger charge is -2.16. The van der Waals surface area contributed by atoms with Gasteiger partial charge in [-0.2, -0.15) is 0 Å². The molecule has 0 atom stereocenters. The molecule has 1 aliphatic heterocycles. The molecular formula is C19H23N3O4. The van der Waals surface area contributed by atoms with Gasteiger partial charge in [0.25, 0.3) is 5.91 Å². The molecule has 26 heavy (non-hydrogen) atoms. The minimum absolute atomic E-state index is 0.0364. The van der Waals surface area contributed by atoms with Gasteiger partial charge in [-0.05, 0) is 25.0 Å². The molecule has 0 unspecified atom stereocenters. The lowest BCUT2D eigenvalue weighted by Crippen LogP contribution is -2.27. The number of amides is 1. The van der Waals surface area contributed by atoms with Gasteiger partial charge in [-0.15, -0.1) is 0 Å². The van der Waals surface area contributed by atoms with Crippen LogP contribution in [-0.2, 0) is 0 Å². The van der Waals surface area contributed by atoms with Crippen molar-refractivity contribution in [2.45, 2.75) is 12.8 Å². The number of carbonyl (C=O) groups excluding carboxylic acids is 1. The molecule has 1 N–H and O–H groups in total. The molecule has 0 bridgehead atoms. The number of likely N-dealkylation sites (tertiary alicyclic amines) is 1. The van der Waals surface area contributed by atoms with E-state index in [1.54, 1.807) is 51.8 Å². The van der Waals surface area contributed by atoms with Gasteiger partial charge in [0.15, 0.2) is 11.5 Å². The molecule has 1 aromatic heterocycles. The van der Waals surface area contributed by atoms with Crippen LogP contribution in [0.5, 0.6) is 17.2 Å². The number of hydrogen-bond donors (Lipinski definition) is 1. The molecule has 138 valence electrons. The Morgan fingerprint density at radius 3 is 2.19 bits per heavy atom. The van der Waals surface area contributed by atoms with Gasteiger partial charge in [0.1, 0.15) is 5.82 Å². The fourth-order valence-corrected chi connectivity index (χ4v) is 3.00. The average molecular weight is 357 g/mol. The predicted molar refractivity (Wildman–Crippen MR) is 98.8 cm³/mol. The summed E-state index contributed by atoms with van der Waals surface area (Å²) in [5.41, 5.74) is 1.34. The summed E-state index contributed by atoms with van der Waals surface area (Å²) in [5, 5.41) is 3.19. The molecule has 1 aliphatic rings. The highest BCUT2D eigenvalue weighted by Gasteiger charge is 2.19. The third-order valence-corrected chi connectivity index (χ3v) is 4.34. The van der Waals surface area contributed by atoms with Crippen LogP contribution in [0.2, 0.25) is 0 Å². The zero-order valence-electron chi connectivity index (χ0n) is 15.2. The van der Waals surface area contributed by atoms with Crippen LogP contribution >= 0.6 is 0 Å². The highest BCUT2D eigenvalue weighted by molar-refractivity contribution is 5.94. The quantitative estimate of drug-likeness (QED) is 0.856. The largest absolute Gasteiger partial charge is 0.493 e. The molecule has 7 heteroatoms. The summed E-state index contributed by atoms with van der Waals surface area (Å²) in [6, 6.07) is 7.17. The molecule has 0 spiro atoms. The number of nitrogens with zero attached hydrogens (tertiary/aromatic N) is 2. The standard InChI is InChI=1S/C19H23N3O4/c1-24-15-10-14(11-16(25-2)18(15)26-3)21-17-7-6-13(12-20-17)19(23)22-8-4-5-9-22/h6-7,10-12H,4-5,8-9H2,1-3H3,(H,20,21). The van der Waals surface area contributed by atoms with Crippen LogP contribution in [0, 0.1) is 0 Å². The Labute approximate surface area is 152 Å². The lowest BCUT2D eigenvalue weighted by molar-refractivity contribution is 0.0792. The fraction of sp³-hybridized carbons (Fsp3) is 0.368. The molecule has 1 aromatic carbocycles. The van der Waals surface area contributed by atoms with Crippen molar-refractivity contribution in [3.8, 4) is 17.2 Å². The number of rotatable bonds is 6. The van der Waals surface area contributed by atoms with Crippen LogP contribution in [0.25, 0.3) is 0 Å². The van der Waals surface area contributed by atoms with E-state index in [2.05, 4.69) is 10.3 Å². The third kappa shape index (κ3) is 3.66. The molecule has 0 aliphatic carbocycles. The van der Waals surface area contributed by atoms with E-state index in [1.807, 2.05) is 4.90 Å². The number of carbonyl (C=O) groups is 1. The van der Waals surface area contributed by atoms with Gasteiger partial charge < -0.3 is 24.4 Å². The van der Waals surface area contributed by atoms with E-state index in [-0.39, 0.29) is 5.91 Å². The third-order valence-electron chi connectivity index (χ3n) is 4.34. The maximum Gasteiger partial charge on any atom is 0.255 e. The Bertz CT molecular complexity index is 746. The minimum Gasteiger partial charge on any atom is -0.493 e. The normalized spacial score (nSPS) is 13.4. The van der Waals surface area contributed by atoms with Crippen molar-refractivity contribution in [1.82, 2.24) is 9.88 Å². The summed E-state index contributed by atoms with van der Waals surface area (Å²) in [7, 11) is 4.70. The fourth-order valence-electron chi connectivity index (χ4n) is 3.00. The van der Waals surface area contributed by atoms with Gasteiger partial charge in [0.05, 0.1) is 26.9 Å². The topological polar surface area (TPSA) is 72.9 Å².